The number of ether oxygens (including phenoxy) is 1. The van der Waals surface area contributed by atoms with E-state index < -0.39 is 5.79 Å². The predicted molar refractivity (Wildman–Crippen MR) is 77.1 cm³/mol. The predicted octanol–water partition coefficient (Wildman–Crippen LogP) is 2.94. The second-order valence-corrected chi connectivity index (χ2v) is 7.30. The van der Waals surface area contributed by atoms with E-state index in [0.29, 0.717) is 25.0 Å². The summed E-state index contributed by atoms with van der Waals surface area (Å²) in [6.07, 6.45) is 7.09. The smallest absolute Gasteiger partial charge is 0.168 e. The zero-order valence-corrected chi connectivity index (χ0v) is 12.8. The molecule has 3 rings (SSSR count). The lowest BCUT2D eigenvalue weighted by molar-refractivity contribution is -0.315. The number of hydrogen-bond acceptors (Lipinski definition) is 4. The lowest BCUT2D eigenvalue weighted by Crippen LogP contribution is -2.57. The summed E-state index contributed by atoms with van der Waals surface area (Å²) in [4.78, 5) is 12.2. The van der Waals surface area contributed by atoms with Crippen LogP contribution in [0.4, 0.5) is 0 Å². The molecule has 2 saturated carbocycles. The molecule has 3 aliphatic rings. The van der Waals surface area contributed by atoms with Gasteiger partial charge in [-0.25, -0.2) is 0 Å². The monoisotopic (exact) mass is 291 g/mol. The normalized spacial score (nSPS) is 45.8. The molecule has 0 aromatic heterocycles. The fraction of sp³-hybridized carbons (Fsp3) is 0.882. The molecule has 5 atom stereocenters. The third kappa shape index (κ3) is 2.41. The van der Waals surface area contributed by atoms with Crippen molar-refractivity contribution in [1.82, 2.24) is 0 Å². The van der Waals surface area contributed by atoms with Crippen molar-refractivity contribution in [2.45, 2.75) is 76.6 Å². The van der Waals surface area contributed by atoms with Crippen LogP contribution < -0.4 is 0 Å². The van der Waals surface area contributed by atoms with Gasteiger partial charge in [0.05, 0.1) is 12.2 Å². The minimum atomic E-state index is -1.04. The number of unbranched alkanes of at least 4 members (excludes halogenated alkanes) is 1. The van der Waals surface area contributed by atoms with Gasteiger partial charge in [-0.15, -0.1) is 0 Å². The molecule has 4 nitrogen and oxygen atoms in total. The van der Waals surface area contributed by atoms with E-state index >= 15 is 0 Å². The van der Waals surface area contributed by atoms with Crippen molar-refractivity contribution in [3.63, 3.8) is 0 Å². The fourth-order valence-corrected chi connectivity index (χ4v) is 4.90. The summed E-state index contributed by atoms with van der Waals surface area (Å²) < 4.78 is 6.05. The SMILES string of the molecule is CC12CCC3(O)OC(CCCC#N)CCC3C1CCC2=O. The van der Waals surface area contributed by atoms with Crippen LogP contribution in [-0.4, -0.2) is 22.8 Å². The lowest BCUT2D eigenvalue weighted by Gasteiger charge is -2.53. The largest absolute Gasteiger partial charge is 0.365 e. The number of ketones is 1. The zero-order chi connectivity index (χ0) is 15.1. The highest BCUT2D eigenvalue weighted by molar-refractivity contribution is 5.87. The maximum Gasteiger partial charge on any atom is 0.168 e. The Bertz CT molecular complexity index is 471. The molecular weight excluding hydrogens is 266 g/mol. The molecule has 0 spiro atoms. The van der Waals surface area contributed by atoms with Gasteiger partial charge in [0, 0.05) is 30.6 Å². The van der Waals surface area contributed by atoms with Crippen molar-refractivity contribution in [1.29, 1.82) is 5.26 Å². The lowest BCUT2D eigenvalue weighted by atomic mass is 9.59. The minimum absolute atomic E-state index is 0.0704. The van der Waals surface area contributed by atoms with Gasteiger partial charge in [-0.05, 0) is 44.4 Å². The fourth-order valence-electron chi connectivity index (χ4n) is 4.90. The summed E-state index contributed by atoms with van der Waals surface area (Å²) >= 11 is 0. The molecule has 0 radical (unpaired) electrons. The summed E-state index contributed by atoms with van der Waals surface area (Å²) in [7, 11) is 0. The van der Waals surface area contributed by atoms with Gasteiger partial charge in [0.25, 0.3) is 0 Å². The molecule has 1 aliphatic heterocycles. The number of rotatable bonds is 3. The Labute approximate surface area is 126 Å². The average Bonchev–Trinajstić information content (AvgIpc) is 2.75. The van der Waals surface area contributed by atoms with Crippen molar-refractivity contribution >= 4 is 5.78 Å². The Balaban J connectivity index is 1.70. The van der Waals surface area contributed by atoms with Crippen LogP contribution in [0.5, 0.6) is 0 Å². The van der Waals surface area contributed by atoms with Gasteiger partial charge in [0.2, 0.25) is 0 Å². The topological polar surface area (TPSA) is 70.3 Å². The molecule has 1 heterocycles. The van der Waals surface area contributed by atoms with Crippen LogP contribution in [-0.2, 0) is 9.53 Å². The third-order valence-electron chi connectivity index (χ3n) is 6.19. The highest BCUT2D eigenvalue weighted by Crippen LogP contribution is 2.58. The standard InChI is InChI=1S/C17H25NO3/c1-16-9-10-17(20)14(13(16)7-8-15(16)19)6-5-12(21-17)4-2-3-11-18/h12-14,20H,2-10H2,1H3. The Morgan fingerprint density at radius 2 is 2.14 bits per heavy atom. The van der Waals surface area contributed by atoms with Gasteiger partial charge < -0.3 is 9.84 Å². The van der Waals surface area contributed by atoms with E-state index in [4.69, 9.17) is 10.00 Å². The molecule has 1 saturated heterocycles. The first-order valence-corrected chi connectivity index (χ1v) is 8.30. The third-order valence-corrected chi connectivity index (χ3v) is 6.19. The molecule has 1 N–H and O–H groups in total. The van der Waals surface area contributed by atoms with E-state index in [1.165, 1.54) is 0 Å². The Kier molecular flexibility index (Phi) is 3.83. The maximum atomic E-state index is 12.2. The number of aliphatic hydroxyl groups is 1. The van der Waals surface area contributed by atoms with Crippen molar-refractivity contribution in [2.75, 3.05) is 0 Å². The average molecular weight is 291 g/mol. The zero-order valence-electron chi connectivity index (χ0n) is 12.8. The summed E-state index contributed by atoms with van der Waals surface area (Å²) in [5, 5.41) is 19.6. The minimum Gasteiger partial charge on any atom is -0.365 e. The summed E-state index contributed by atoms with van der Waals surface area (Å²) in [6.45, 7) is 2.09. The van der Waals surface area contributed by atoms with Crippen LogP contribution in [0.15, 0.2) is 0 Å². The van der Waals surface area contributed by atoms with E-state index in [-0.39, 0.29) is 23.4 Å². The Morgan fingerprint density at radius 1 is 1.33 bits per heavy atom. The molecular formula is C17H25NO3. The van der Waals surface area contributed by atoms with Crippen LogP contribution in [0.2, 0.25) is 0 Å². The summed E-state index contributed by atoms with van der Waals surface area (Å²) in [5.74, 6) is -0.269. The van der Waals surface area contributed by atoms with E-state index in [1.54, 1.807) is 0 Å². The summed E-state index contributed by atoms with van der Waals surface area (Å²) in [5.41, 5.74) is -0.228. The molecule has 0 bridgehead atoms. The number of carbonyl (C=O) groups excluding carboxylic acids is 1. The second-order valence-electron chi connectivity index (χ2n) is 7.30. The molecule has 0 aromatic rings. The quantitative estimate of drug-likeness (QED) is 0.812. The van der Waals surface area contributed by atoms with Gasteiger partial charge in [-0.1, -0.05) is 6.92 Å². The number of carbonyl (C=O) groups is 1. The van der Waals surface area contributed by atoms with Gasteiger partial charge in [0.1, 0.15) is 5.78 Å². The van der Waals surface area contributed by atoms with Crippen molar-refractivity contribution in [3.05, 3.63) is 0 Å². The Hall–Kier alpha value is -0.920. The van der Waals surface area contributed by atoms with E-state index in [9.17, 15) is 9.90 Å². The van der Waals surface area contributed by atoms with Crippen LogP contribution in [0.25, 0.3) is 0 Å². The van der Waals surface area contributed by atoms with Crippen LogP contribution in [0, 0.1) is 28.6 Å². The number of nitrogens with zero attached hydrogens (tertiary/aromatic N) is 1. The number of nitriles is 1. The van der Waals surface area contributed by atoms with E-state index in [1.807, 2.05) is 0 Å². The first-order valence-electron chi connectivity index (χ1n) is 8.30. The van der Waals surface area contributed by atoms with Crippen LogP contribution in [0.3, 0.4) is 0 Å². The van der Waals surface area contributed by atoms with Gasteiger partial charge in [0.15, 0.2) is 5.79 Å². The molecule has 116 valence electrons. The van der Waals surface area contributed by atoms with Crippen LogP contribution >= 0.6 is 0 Å². The molecule has 2 aliphatic carbocycles. The van der Waals surface area contributed by atoms with Crippen LogP contribution in [0.1, 0.15) is 64.7 Å². The highest BCUT2D eigenvalue weighted by Gasteiger charge is 2.60. The van der Waals surface area contributed by atoms with Gasteiger partial charge in [-0.2, -0.15) is 5.26 Å². The van der Waals surface area contributed by atoms with E-state index in [2.05, 4.69) is 13.0 Å². The van der Waals surface area contributed by atoms with Gasteiger partial charge >= 0.3 is 0 Å². The number of Topliss-reactive ketones (excluding diaryl/α,β-unsaturated/α-hetero) is 1. The maximum absolute atomic E-state index is 12.2. The molecule has 21 heavy (non-hydrogen) atoms. The highest BCUT2D eigenvalue weighted by atomic mass is 16.6. The number of fused-ring (bicyclic) bond motifs is 3. The number of hydrogen-bond donors (Lipinski definition) is 1. The molecule has 0 aromatic carbocycles. The van der Waals surface area contributed by atoms with Crippen molar-refractivity contribution in [2.24, 2.45) is 17.3 Å². The second kappa shape index (κ2) is 5.37. The van der Waals surface area contributed by atoms with Crippen molar-refractivity contribution < 1.29 is 14.6 Å². The first-order chi connectivity index (χ1) is 9.99. The Morgan fingerprint density at radius 3 is 2.90 bits per heavy atom. The molecule has 4 heteroatoms. The first kappa shape index (κ1) is 15.0. The molecule has 3 fully saturated rings. The van der Waals surface area contributed by atoms with Gasteiger partial charge in [-0.3, -0.25) is 4.79 Å². The molecule has 0 amide bonds. The van der Waals surface area contributed by atoms with Crippen molar-refractivity contribution in [3.8, 4) is 6.07 Å². The molecule has 5 unspecified atom stereocenters. The summed E-state index contributed by atoms with van der Waals surface area (Å²) in [6, 6.07) is 2.16. The van der Waals surface area contributed by atoms with E-state index in [0.717, 1.165) is 38.5 Å².